The first kappa shape index (κ1) is 16.5. The van der Waals surface area contributed by atoms with Crippen LogP contribution >= 0.6 is 0 Å². The summed E-state index contributed by atoms with van der Waals surface area (Å²) in [5.41, 5.74) is 2.96. The minimum atomic E-state index is 0.215. The van der Waals surface area contributed by atoms with E-state index in [0.717, 1.165) is 13.1 Å². The molecule has 21 heavy (non-hydrogen) atoms. The van der Waals surface area contributed by atoms with Gasteiger partial charge in [0.25, 0.3) is 0 Å². The summed E-state index contributed by atoms with van der Waals surface area (Å²) in [5.74, 6) is 0. The molecule has 0 bridgehead atoms. The number of benzene rings is 1. The van der Waals surface area contributed by atoms with Crippen LogP contribution in [0.15, 0.2) is 24.3 Å². The summed E-state index contributed by atoms with van der Waals surface area (Å²) in [6.07, 6.45) is 6.65. The maximum atomic E-state index is 9.35. The Kier molecular flexibility index (Phi) is 5.83. The normalized spacial score (nSPS) is 17.4. The van der Waals surface area contributed by atoms with Crippen molar-refractivity contribution in [3.05, 3.63) is 35.4 Å². The molecule has 0 aliphatic heterocycles. The topological polar surface area (TPSA) is 23.5 Å². The van der Waals surface area contributed by atoms with E-state index in [-0.39, 0.29) is 12.0 Å². The molecule has 2 nitrogen and oxygen atoms in total. The van der Waals surface area contributed by atoms with Gasteiger partial charge >= 0.3 is 0 Å². The number of hydrogen-bond donors (Lipinski definition) is 1. The van der Waals surface area contributed by atoms with E-state index in [1.54, 1.807) is 0 Å². The Labute approximate surface area is 130 Å². The molecular weight excluding hydrogens is 258 g/mol. The summed E-state index contributed by atoms with van der Waals surface area (Å²) in [4.78, 5) is 2.48. The predicted molar refractivity (Wildman–Crippen MR) is 89.5 cm³/mol. The molecule has 118 valence electrons. The molecule has 0 amide bonds. The quantitative estimate of drug-likeness (QED) is 0.881. The first-order chi connectivity index (χ1) is 10.0. The molecule has 1 fully saturated rings. The van der Waals surface area contributed by atoms with Gasteiger partial charge in [-0.1, -0.05) is 64.3 Å². The Morgan fingerprint density at radius 3 is 2.19 bits per heavy atom. The highest BCUT2D eigenvalue weighted by Crippen LogP contribution is 2.25. The molecule has 2 rings (SSSR count). The summed E-state index contributed by atoms with van der Waals surface area (Å²) in [7, 11) is 0. The van der Waals surface area contributed by atoms with E-state index < -0.39 is 0 Å². The fraction of sp³-hybridized carbons (Fsp3) is 0.684. The highest BCUT2D eigenvalue weighted by molar-refractivity contribution is 5.27. The maximum absolute atomic E-state index is 9.35. The zero-order valence-electron chi connectivity index (χ0n) is 13.9. The van der Waals surface area contributed by atoms with Crippen LogP contribution in [0.4, 0.5) is 0 Å². The van der Waals surface area contributed by atoms with Crippen LogP contribution in [0.3, 0.4) is 0 Å². The zero-order chi connectivity index (χ0) is 15.3. The van der Waals surface area contributed by atoms with E-state index >= 15 is 0 Å². The van der Waals surface area contributed by atoms with Crippen molar-refractivity contribution in [1.29, 1.82) is 0 Å². The van der Waals surface area contributed by atoms with Gasteiger partial charge in [-0.25, -0.2) is 0 Å². The monoisotopic (exact) mass is 289 g/mol. The molecule has 1 saturated carbocycles. The van der Waals surface area contributed by atoms with Gasteiger partial charge < -0.3 is 5.11 Å². The summed E-state index contributed by atoms with van der Waals surface area (Å²) in [6.45, 7) is 8.78. The molecule has 1 aromatic rings. The van der Waals surface area contributed by atoms with Crippen molar-refractivity contribution in [3.8, 4) is 0 Å². The van der Waals surface area contributed by atoms with E-state index in [2.05, 4.69) is 49.9 Å². The minimum absolute atomic E-state index is 0.215. The molecule has 1 aliphatic rings. The van der Waals surface area contributed by atoms with Crippen molar-refractivity contribution in [2.75, 3.05) is 13.2 Å². The van der Waals surface area contributed by atoms with Gasteiger partial charge in [-0.05, 0) is 29.4 Å². The molecule has 1 aromatic carbocycles. The number of nitrogens with zero attached hydrogens (tertiary/aromatic N) is 1. The van der Waals surface area contributed by atoms with Gasteiger partial charge in [-0.2, -0.15) is 0 Å². The van der Waals surface area contributed by atoms with Gasteiger partial charge in [0.15, 0.2) is 0 Å². The van der Waals surface area contributed by atoms with Gasteiger partial charge in [0.1, 0.15) is 0 Å². The standard InChI is InChI=1S/C19H31NO/c1-19(2,3)17-11-9-16(10-12-17)15-20(13-14-21)18-7-5-4-6-8-18/h9-12,18,21H,4-8,13-15H2,1-3H3. The van der Waals surface area contributed by atoms with E-state index in [0.29, 0.717) is 6.04 Å². The van der Waals surface area contributed by atoms with E-state index in [4.69, 9.17) is 0 Å². The van der Waals surface area contributed by atoms with E-state index in [1.165, 1.54) is 43.2 Å². The molecule has 0 radical (unpaired) electrons. The molecule has 0 atom stereocenters. The van der Waals surface area contributed by atoms with Crippen LogP contribution < -0.4 is 0 Å². The fourth-order valence-electron chi connectivity index (χ4n) is 3.31. The summed E-state index contributed by atoms with van der Waals surface area (Å²) in [6, 6.07) is 9.69. The largest absolute Gasteiger partial charge is 0.395 e. The molecule has 2 heteroatoms. The van der Waals surface area contributed by atoms with Crippen LogP contribution in [0, 0.1) is 0 Å². The van der Waals surface area contributed by atoms with Crippen LogP contribution in [0.2, 0.25) is 0 Å². The van der Waals surface area contributed by atoms with Crippen molar-refractivity contribution in [1.82, 2.24) is 4.90 Å². The smallest absolute Gasteiger partial charge is 0.0558 e. The second kappa shape index (κ2) is 7.42. The van der Waals surface area contributed by atoms with Crippen LogP contribution in [-0.4, -0.2) is 29.2 Å². The fourth-order valence-corrected chi connectivity index (χ4v) is 3.31. The lowest BCUT2D eigenvalue weighted by molar-refractivity contribution is 0.117. The molecule has 0 aromatic heterocycles. The van der Waals surface area contributed by atoms with Gasteiger partial charge in [0.05, 0.1) is 6.61 Å². The first-order valence-corrected chi connectivity index (χ1v) is 8.45. The average Bonchev–Trinajstić information content (AvgIpc) is 2.47. The number of hydrogen-bond acceptors (Lipinski definition) is 2. The Hall–Kier alpha value is -0.860. The van der Waals surface area contributed by atoms with Crippen molar-refractivity contribution >= 4 is 0 Å². The molecule has 0 unspecified atom stereocenters. The van der Waals surface area contributed by atoms with Gasteiger partial charge in [0, 0.05) is 19.1 Å². The number of rotatable bonds is 5. The Morgan fingerprint density at radius 2 is 1.67 bits per heavy atom. The molecule has 0 heterocycles. The van der Waals surface area contributed by atoms with Crippen molar-refractivity contribution in [2.24, 2.45) is 0 Å². The summed E-state index contributed by atoms with van der Waals surface area (Å²) >= 11 is 0. The molecule has 0 saturated heterocycles. The third-order valence-corrected chi connectivity index (χ3v) is 4.68. The van der Waals surface area contributed by atoms with Crippen LogP contribution in [0.25, 0.3) is 0 Å². The SMILES string of the molecule is CC(C)(C)c1ccc(CN(CCO)C2CCCCC2)cc1. The van der Waals surface area contributed by atoms with Crippen molar-refractivity contribution in [3.63, 3.8) is 0 Å². The van der Waals surface area contributed by atoms with Crippen LogP contribution in [0.1, 0.15) is 64.0 Å². The van der Waals surface area contributed by atoms with Gasteiger partial charge in [-0.3, -0.25) is 4.90 Å². The molecule has 0 spiro atoms. The first-order valence-electron chi connectivity index (χ1n) is 8.45. The highest BCUT2D eigenvalue weighted by Gasteiger charge is 2.21. The molecule has 1 N–H and O–H groups in total. The zero-order valence-corrected chi connectivity index (χ0v) is 13.9. The number of aliphatic hydroxyl groups excluding tert-OH is 1. The molecule has 1 aliphatic carbocycles. The lowest BCUT2D eigenvalue weighted by atomic mass is 9.86. The van der Waals surface area contributed by atoms with Gasteiger partial charge in [0.2, 0.25) is 0 Å². The van der Waals surface area contributed by atoms with Crippen molar-refractivity contribution in [2.45, 2.75) is 70.9 Å². The molecular formula is C19H31NO. The van der Waals surface area contributed by atoms with E-state index in [1.807, 2.05) is 0 Å². The lowest BCUT2D eigenvalue weighted by Crippen LogP contribution is -2.38. The Morgan fingerprint density at radius 1 is 1.05 bits per heavy atom. The highest BCUT2D eigenvalue weighted by atomic mass is 16.3. The Balaban J connectivity index is 2.02. The third-order valence-electron chi connectivity index (χ3n) is 4.68. The Bertz CT molecular complexity index is 412. The van der Waals surface area contributed by atoms with E-state index in [9.17, 15) is 5.11 Å². The lowest BCUT2D eigenvalue weighted by Gasteiger charge is -2.34. The second-order valence-corrected chi connectivity index (χ2v) is 7.43. The van der Waals surface area contributed by atoms with Crippen LogP contribution in [-0.2, 0) is 12.0 Å². The number of aliphatic hydroxyl groups is 1. The summed E-state index contributed by atoms with van der Waals surface area (Å²) in [5, 5.41) is 9.35. The van der Waals surface area contributed by atoms with Gasteiger partial charge in [-0.15, -0.1) is 0 Å². The third kappa shape index (κ3) is 4.82. The average molecular weight is 289 g/mol. The second-order valence-electron chi connectivity index (χ2n) is 7.43. The maximum Gasteiger partial charge on any atom is 0.0558 e. The van der Waals surface area contributed by atoms with Crippen LogP contribution in [0.5, 0.6) is 0 Å². The summed E-state index contributed by atoms with van der Waals surface area (Å²) < 4.78 is 0. The minimum Gasteiger partial charge on any atom is -0.395 e. The van der Waals surface area contributed by atoms with Crippen molar-refractivity contribution < 1.29 is 5.11 Å². The predicted octanol–water partition coefficient (Wildman–Crippen LogP) is 4.11.